The van der Waals surface area contributed by atoms with E-state index in [9.17, 15) is 4.79 Å². The Bertz CT molecular complexity index is 465. The summed E-state index contributed by atoms with van der Waals surface area (Å²) in [5, 5.41) is 0. The largest absolute Gasteiger partial charge is 0.463 e. The van der Waals surface area contributed by atoms with E-state index in [0.29, 0.717) is 6.61 Å². The fraction of sp³-hybridized carbons (Fsp3) is 0.438. The molecule has 0 bridgehead atoms. The molecule has 0 amide bonds. The van der Waals surface area contributed by atoms with Crippen LogP contribution in [0.4, 0.5) is 0 Å². The van der Waals surface area contributed by atoms with Gasteiger partial charge in [0.2, 0.25) is 0 Å². The molecule has 0 aliphatic carbocycles. The van der Waals surface area contributed by atoms with Gasteiger partial charge in [0.25, 0.3) is 0 Å². The van der Waals surface area contributed by atoms with Gasteiger partial charge in [-0.25, -0.2) is 4.79 Å². The van der Waals surface area contributed by atoms with Gasteiger partial charge in [-0.1, -0.05) is 30.3 Å². The van der Waals surface area contributed by atoms with Crippen LogP contribution < -0.4 is 0 Å². The number of ether oxygens (including phenoxy) is 1. The van der Waals surface area contributed by atoms with Crippen molar-refractivity contribution < 1.29 is 9.53 Å². The Morgan fingerprint density at radius 2 is 2.05 bits per heavy atom. The molecule has 1 aliphatic heterocycles. The smallest absolute Gasteiger partial charge is 0.334 e. The lowest BCUT2D eigenvalue weighted by Gasteiger charge is -2.28. The molecule has 0 fully saturated rings. The fourth-order valence-electron chi connectivity index (χ4n) is 2.46. The van der Waals surface area contributed by atoms with Gasteiger partial charge in [0.1, 0.15) is 0 Å². The van der Waals surface area contributed by atoms with Crippen LogP contribution in [0.3, 0.4) is 0 Å². The Balaban J connectivity index is 1.98. The van der Waals surface area contributed by atoms with Crippen LogP contribution in [-0.4, -0.2) is 30.6 Å². The Hall–Kier alpha value is -1.61. The van der Waals surface area contributed by atoms with Gasteiger partial charge < -0.3 is 4.74 Å². The number of nitrogens with zero attached hydrogens (tertiary/aromatic N) is 1. The molecule has 0 N–H and O–H groups in total. The standard InChI is InChI=1S/C16H21NO2/c1-3-19-16(18)15-9-10-17(11-13(15)2)12-14-7-5-4-6-8-14/h4-8H,3,9-12H2,1-2H3. The normalized spacial score (nSPS) is 16.5. The summed E-state index contributed by atoms with van der Waals surface area (Å²) in [6.07, 6.45) is 0.789. The zero-order valence-electron chi connectivity index (χ0n) is 11.7. The molecular weight excluding hydrogens is 238 g/mol. The lowest BCUT2D eigenvalue weighted by Crippen LogP contribution is -2.32. The number of esters is 1. The van der Waals surface area contributed by atoms with Crippen LogP contribution in [0.2, 0.25) is 0 Å². The minimum Gasteiger partial charge on any atom is -0.463 e. The van der Waals surface area contributed by atoms with E-state index in [0.717, 1.165) is 37.2 Å². The molecule has 102 valence electrons. The number of benzene rings is 1. The van der Waals surface area contributed by atoms with E-state index >= 15 is 0 Å². The fourth-order valence-corrected chi connectivity index (χ4v) is 2.46. The highest BCUT2D eigenvalue weighted by Crippen LogP contribution is 2.20. The molecule has 1 heterocycles. The summed E-state index contributed by atoms with van der Waals surface area (Å²) in [5.74, 6) is -0.139. The average molecular weight is 259 g/mol. The monoisotopic (exact) mass is 259 g/mol. The molecule has 0 radical (unpaired) electrons. The van der Waals surface area contributed by atoms with Gasteiger partial charge >= 0.3 is 5.97 Å². The molecule has 1 aromatic carbocycles. The Kier molecular flexibility index (Phi) is 4.74. The molecule has 3 nitrogen and oxygen atoms in total. The molecule has 0 saturated heterocycles. The van der Waals surface area contributed by atoms with Crippen molar-refractivity contribution in [2.45, 2.75) is 26.8 Å². The van der Waals surface area contributed by atoms with E-state index in [4.69, 9.17) is 4.74 Å². The molecular formula is C16H21NO2. The van der Waals surface area contributed by atoms with Crippen molar-refractivity contribution in [2.24, 2.45) is 0 Å². The first-order chi connectivity index (χ1) is 9.20. The molecule has 0 spiro atoms. The highest BCUT2D eigenvalue weighted by Gasteiger charge is 2.21. The SMILES string of the molecule is CCOC(=O)C1=C(C)CN(Cc2ccccc2)CC1. The minimum absolute atomic E-state index is 0.139. The lowest BCUT2D eigenvalue weighted by atomic mass is 10.0. The van der Waals surface area contributed by atoms with Gasteiger partial charge in [-0.05, 0) is 31.4 Å². The van der Waals surface area contributed by atoms with Gasteiger partial charge in [-0.3, -0.25) is 4.90 Å². The van der Waals surface area contributed by atoms with E-state index in [-0.39, 0.29) is 5.97 Å². The molecule has 1 aromatic rings. The van der Waals surface area contributed by atoms with Crippen molar-refractivity contribution in [3.63, 3.8) is 0 Å². The maximum absolute atomic E-state index is 11.8. The van der Waals surface area contributed by atoms with Crippen molar-refractivity contribution in [1.82, 2.24) is 4.90 Å². The molecule has 0 unspecified atom stereocenters. The van der Waals surface area contributed by atoms with Crippen LogP contribution in [0, 0.1) is 0 Å². The van der Waals surface area contributed by atoms with E-state index in [1.165, 1.54) is 5.56 Å². The van der Waals surface area contributed by atoms with Crippen LogP contribution in [0.1, 0.15) is 25.8 Å². The molecule has 19 heavy (non-hydrogen) atoms. The zero-order valence-corrected chi connectivity index (χ0v) is 11.7. The molecule has 3 heteroatoms. The number of carbonyl (C=O) groups excluding carboxylic acids is 1. The number of hydrogen-bond donors (Lipinski definition) is 0. The molecule has 0 atom stereocenters. The van der Waals surface area contributed by atoms with Crippen molar-refractivity contribution in [1.29, 1.82) is 0 Å². The Morgan fingerprint density at radius 3 is 2.68 bits per heavy atom. The summed E-state index contributed by atoms with van der Waals surface area (Å²) in [6, 6.07) is 10.4. The second kappa shape index (κ2) is 6.53. The average Bonchev–Trinajstić information content (AvgIpc) is 2.40. The van der Waals surface area contributed by atoms with Crippen molar-refractivity contribution in [3.05, 3.63) is 47.0 Å². The first-order valence-electron chi connectivity index (χ1n) is 6.82. The number of hydrogen-bond acceptors (Lipinski definition) is 3. The maximum atomic E-state index is 11.8. The zero-order chi connectivity index (χ0) is 13.7. The maximum Gasteiger partial charge on any atom is 0.334 e. The van der Waals surface area contributed by atoms with Crippen molar-refractivity contribution >= 4 is 5.97 Å². The van der Waals surface area contributed by atoms with Crippen LogP contribution in [0.15, 0.2) is 41.5 Å². The third-order valence-electron chi connectivity index (χ3n) is 3.42. The van der Waals surface area contributed by atoms with Gasteiger partial charge in [0.15, 0.2) is 0 Å². The van der Waals surface area contributed by atoms with Gasteiger partial charge in [0.05, 0.1) is 6.61 Å². The third-order valence-corrected chi connectivity index (χ3v) is 3.42. The van der Waals surface area contributed by atoms with E-state index < -0.39 is 0 Å². The Labute approximate surface area is 114 Å². The quantitative estimate of drug-likeness (QED) is 0.779. The van der Waals surface area contributed by atoms with E-state index in [1.807, 2.05) is 19.9 Å². The Morgan fingerprint density at radius 1 is 1.32 bits per heavy atom. The summed E-state index contributed by atoms with van der Waals surface area (Å²) in [4.78, 5) is 14.1. The van der Waals surface area contributed by atoms with Crippen LogP contribution in [-0.2, 0) is 16.1 Å². The highest BCUT2D eigenvalue weighted by molar-refractivity contribution is 5.89. The van der Waals surface area contributed by atoms with E-state index in [1.54, 1.807) is 0 Å². The molecule has 1 aliphatic rings. The second-order valence-electron chi connectivity index (χ2n) is 4.93. The van der Waals surface area contributed by atoms with Crippen molar-refractivity contribution in [2.75, 3.05) is 19.7 Å². The van der Waals surface area contributed by atoms with Crippen LogP contribution in [0.5, 0.6) is 0 Å². The summed E-state index contributed by atoms with van der Waals surface area (Å²) in [6.45, 7) is 7.03. The predicted octanol–water partition coefficient (Wildman–Crippen LogP) is 2.77. The summed E-state index contributed by atoms with van der Waals surface area (Å²) < 4.78 is 5.09. The first-order valence-corrected chi connectivity index (χ1v) is 6.82. The minimum atomic E-state index is -0.139. The molecule has 2 rings (SSSR count). The van der Waals surface area contributed by atoms with Gasteiger partial charge in [-0.15, -0.1) is 0 Å². The number of rotatable bonds is 4. The first kappa shape index (κ1) is 13.8. The third kappa shape index (κ3) is 3.67. The predicted molar refractivity (Wildman–Crippen MR) is 75.7 cm³/mol. The van der Waals surface area contributed by atoms with E-state index in [2.05, 4.69) is 29.2 Å². The molecule has 0 saturated carbocycles. The molecule has 0 aromatic heterocycles. The van der Waals surface area contributed by atoms with Crippen LogP contribution in [0.25, 0.3) is 0 Å². The van der Waals surface area contributed by atoms with Crippen LogP contribution >= 0.6 is 0 Å². The highest BCUT2D eigenvalue weighted by atomic mass is 16.5. The summed E-state index contributed by atoms with van der Waals surface area (Å²) in [5.41, 5.74) is 3.32. The second-order valence-corrected chi connectivity index (χ2v) is 4.93. The van der Waals surface area contributed by atoms with Crippen molar-refractivity contribution in [3.8, 4) is 0 Å². The van der Waals surface area contributed by atoms with Gasteiger partial charge in [0, 0.05) is 25.2 Å². The summed E-state index contributed by atoms with van der Waals surface area (Å²) >= 11 is 0. The lowest BCUT2D eigenvalue weighted by molar-refractivity contribution is -0.138. The topological polar surface area (TPSA) is 29.5 Å². The summed E-state index contributed by atoms with van der Waals surface area (Å²) in [7, 11) is 0. The number of carbonyl (C=O) groups is 1. The van der Waals surface area contributed by atoms with Gasteiger partial charge in [-0.2, -0.15) is 0 Å².